The van der Waals surface area contributed by atoms with Crippen molar-refractivity contribution in [1.82, 2.24) is 9.88 Å². The molecule has 1 aromatic heterocycles. The second-order valence-corrected chi connectivity index (χ2v) is 7.91. The van der Waals surface area contributed by atoms with Gasteiger partial charge in [-0.2, -0.15) is 0 Å². The molecule has 0 bridgehead atoms. The van der Waals surface area contributed by atoms with Gasteiger partial charge in [-0.25, -0.2) is 4.98 Å². The summed E-state index contributed by atoms with van der Waals surface area (Å²) in [4.78, 5) is 21.8. The molecule has 1 heterocycles. The van der Waals surface area contributed by atoms with Crippen molar-refractivity contribution in [3.63, 3.8) is 0 Å². The fraction of sp³-hybridized carbons (Fsp3) is 0.364. The van der Waals surface area contributed by atoms with E-state index < -0.39 is 0 Å². The van der Waals surface area contributed by atoms with E-state index in [9.17, 15) is 4.79 Å². The standard InChI is InChI=1S/C22H27N3O3S/c1-5-28-18-7-6-8-19-21(18)23-22(29-19)25(14-13-24(2)3)20(26)15-16-9-11-17(27-4)12-10-16/h6-12H,5,13-15H2,1-4H3. The lowest BCUT2D eigenvalue weighted by Crippen LogP contribution is -2.37. The predicted molar refractivity (Wildman–Crippen MR) is 118 cm³/mol. The normalized spacial score (nSPS) is 11.1. The van der Waals surface area contributed by atoms with Gasteiger partial charge in [0.2, 0.25) is 5.91 Å². The molecule has 0 saturated carbocycles. The maximum Gasteiger partial charge on any atom is 0.233 e. The highest BCUT2D eigenvalue weighted by Crippen LogP contribution is 2.34. The van der Waals surface area contributed by atoms with Crippen molar-refractivity contribution in [2.45, 2.75) is 13.3 Å². The zero-order chi connectivity index (χ0) is 20.8. The number of nitrogens with zero attached hydrogens (tertiary/aromatic N) is 3. The van der Waals surface area contributed by atoms with Crippen molar-refractivity contribution in [3.05, 3.63) is 48.0 Å². The fourth-order valence-electron chi connectivity index (χ4n) is 2.94. The molecule has 3 aromatic rings. The summed E-state index contributed by atoms with van der Waals surface area (Å²) in [6.45, 7) is 3.86. The van der Waals surface area contributed by atoms with Crippen LogP contribution in [0.3, 0.4) is 0 Å². The summed E-state index contributed by atoms with van der Waals surface area (Å²) in [6.07, 6.45) is 0.311. The van der Waals surface area contributed by atoms with Crippen LogP contribution in [0.15, 0.2) is 42.5 Å². The van der Waals surface area contributed by atoms with Gasteiger partial charge in [-0.3, -0.25) is 9.69 Å². The number of benzene rings is 2. The monoisotopic (exact) mass is 413 g/mol. The Morgan fingerprint density at radius 1 is 1.10 bits per heavy atom. The minimum absolute atomic E-state index is 0.0223. The molecule has 0 aliphatic carbocycles. The van der Waals surface area contributed by atoms with Crippen LogP contribution < -0.4 is 14.4 Å². The molecule has 0 N–H and O–H groups in total. The number of amides is 1. The van der Waals surface area contributed by atoms with Crippen LogP contribution in [0.25, 0.3) is 10.2 Å². The van der Waals surface area contributed by atoms with E-state index in [0.29, 0.717) is 24.7 Å². The van der Waals surface area contributed by atoms with Gasteiger partial charge < -0.3 is 14.4 Å². The number of para-hydroxylation sites is 1. The minimum atomic E-state index is 0.0223. The lowest BCUT2D eigenvalue weighted by molar-refractivity contribution is -0.118. The van der Waals surface area contributed by atoms with Gasteiger partial charge in [-0.15, -0.1) is 0 Å². The number of fused-ring (bicyclic) bond motifs is 1. The highest BCUT2D eigenvalue weighted by atomic mass is 32.1. The van der Waals surface area contributed by atoms with Gasteiger partial charge in [0, 0.05) is 13.1 Å². The number of thiazole rings is 1. The second kappa shape index (κ2) is 9.71. The van der Waals surface area contributed by atoms with Crippen molar-refractivity contribution < 1.29 is 14.3 Å². The quantitative estimate of drug-likeness (QED) is 0.533. The first kappa shape index (κ1) is 21.1. The molecule has 0 unspecified atom stereocenters. The lowest BCUT2D eigenvalue weighted by atomic mass is 10.1. The average molecular weight is 414 g/mol. The second-order valence-electron chi connectivity index (χ2n) is 6.91. The molecule has 0 spiro atoms. The fourth-order valence-corrected chi connectivity index (χ4v) is 3.97. The number of anilines is 1. The van der Waals surface area contributed by atoms with Gasteiger partial charge >= 0.3 is 0 Å². The van der Waals surface area contributed by atoms with Crippen molar-refractivity contribution in [1.29, 1.82) is 0 Å². The number of methoxy groups -OCH3 is 1. The van der Waals surface area contributed by atoms with Gasteiger partial charge in [0.15, 0.2) is 5.13 Å². The molecule has 1 amide bonds. The van der Waals surface area contributed by atoms with Crippen LogP contribution in [0.2, 0.25) is 0 Å². The highest BCUT2D eigenvalue weighted by molar-refractivity contribution is 7.22. The molecule has 0 fully saturated rings. The summed E-state index contributed by atoms with van der Waals surface area (Å²) in [6, 6.07) is 13.5. The van der Waals surface area contributed by atoms with Crippen LogP contribution in [0, 0.1) is 0 Å². The maximum absolute atomic E-state index is 13.2. The van der Waals surface area contributed by atoms with E-state index in [-0.39, 0.29) is 5.91 Å². The van der Waals surface area contributed by atoms with Crippen molar-refractivity contribution in [2.24, 2.45) is 0 Å². The molecule has 6 nitrogen and oxygen atoms in total. The number of hydrogen-bond acceptors (Lipinski definition) is 6. The predicted octanol–water partition coefficient (Wildman–Crippen LogP) is 3.84. The first-order valence-electron chi connectivity index (χ1n) is 9.62. The number of rotatable bonds is 9. The van der Waals surface area contributed by atoms with E-state index in [4.69, 9.17) is 14.5 Å². The summed E-state index contributed by atoms with van der Waals surface area (Å²) < 4.78 is 11.9. The molecule has 3 rings (SSSR count). The summed E-state index contributed by atoms with van der Waals surface area (Å²) in [5, 5.41) is 0.701. The zero-order valence-electron chi connectivity index (χ0n) is 17.3. The molecule has 0 saturated heterocycles. The van der Waals surface area contributed by atoms with Crippen LogP contribution in [0.1, 0.15) is 12.5 Å². The van der Waals surface area contributed by atoms with Gasteiger partial charge in [-0.1, -0.05) is 29.5 Å². The third-order valence-electron chi connectivity index (χ3n) is 4.49. The van der Waals surface area contributed by atoms with Crippen LogP contribution in [0.5, 0.6) is 11.5 Å². The summed E-state index contributed by atoms with van der Waals surface area (Å²) in [5.41, 5.74) is 1.75. The number of aromatic nitrogens is 1. The average Bonchev–Trinajstić information content (AvgIpc) is 3.13. The molecule has 2 aromatic carbocycles. The molecule has 29 heavy (non-hydrogen) atoms. The lowest BCUT2D eigenvalue weighted by Gasteiger charge is -2.22. The minimum Gasteiger partial charge on any atom is -0.497 e. The first-order chi connectivity index (χ1) is 14.0. The Morgan fingerprint density at radius 3 is 2.52 bits per heavy atom. The van der Waals surface area contributed by atoms with Crippen LogP contribution in [-0.4, -0.2) is 56.7 Å². The third kappa shape index (κ3) is 5.25. The summed E-state index contributed by atoms with van der Waals surface area (Å²) >= 11 is 1.52. The largest absolute Gasteiger partial charge is 0.497 e. The van der Waals surface area contributed by atoms with Crippen molar-refractivity contribution in [2.75, 3.05) is 45.8 Å². The Hall–Kier alpha value is -2.64. The van der Waals surface area contributed by atoms with E-state index in [1.54, 1.807) is 12.0 Å². The number of likely N-dealkylation sites (N-methyl/N-ethyl adjacent to an activating group) is 1. The molecular formula is C22H27N3O3S. The Labute approximate surface area is 175 Å². The highest BCUT2D eigenvalue weighted by Gasteiger charge is 2.21. The topological polar surface area (TPSA) is 54.9 Å². The Kier molecular flexibility index (Phi) is 7.06. The molecule has 0 aliphatic heterocycles. The Balaban J connectivity index is 1.88. The summed E-state index contributed by atoms with van der Waals surface area (Å²) in [7, 11) is 5.63. The number of hydrogen-bond donors (Lipinski definition) is 0. The van der Waals surface area contributed by atoms with E-state index >= 15 is 0 Å². The van der Waals surface area contributed by atoms with Crippen LogP contribution in [-0.2, 0) is 11.2 Å². The SMILES string of the molecule is CCOc1cccc2sc(N(CCN(C)C)C(=O)Cc3ccc(OC)cc3)nc12. The van der Waals surface area contributed by atoms with E-state index in [1.165, 1.54) is 11.3 Å². The van der Waals surface area contributed by atoms with Crippen molar-refractivity contribution >= 4 is 32.6 Å². The van der Waals surface area contributed by atoms with E-state index in [0.717, 1.165) is 33.8 Å². The molecule has 0 atom stereocenters. The van der Waals surface area contributed by atoms with Crippen LogP contribution >= 0.6 is 11.3 Å². The van der Waals surface area contributed by atoms with Gasteiger partial charge in [0.25, 0.3) is 0 Å². The molecular weight excluding hydrogens is 386 g/mol. The first-order valence-corrected chi connectivity index (χ1v) is 10.4. The zero-order valence-corrected chi connectivity index (χ0v) is 18.2. The van der Waals surface area contributed by atoms with Gasteiger partial charge in [0.05, 0.1) is 24.8 Å². The molecule has 0 radical (unpaired) electrons. The Bertz CT molecular complexity index is 954. The third-order valence-corrected chi connectivity index (χ3v) is 5.53. The van der Waals surface area contributed by atoms with Crippen molar-refractivity contribution in [3.8, 4) is 11.5 Å². The van der Waals surface area contributed by atoms with Crippen LogP contribution in [0.4, 0.5) is 5.13 Å². The van der Waals surface area contributed by atoms with Gasteiger partial charge in [-0.05, 0) is 50.8 Å². The Morgan fingerprint density at radius 2 is 1.86 bits per heavy atom. The smallest absolute Gasteiger partial charge is 0.233 e. The number of carbonyl (C=O) groups excluding carboxylic acids is 1. The summed E-state index contributed by atoms with van der Waals surface area (Å²) in [5.74, 6) is 1.55. The number of carbonyl (C=O) groups is 1. The van der Waals surface area contributed by atoms with E-state index in [2.05, 4.69) is 4.90 Å². The maximum atomic E-state index is 13.2. The number of ether oxygens (including phenoxy) is 2. The van der Waals surface area contributed by atoms with E-state index in [1.807, 2.05) is 63.5 Å². The molecule has 154 valence electrons. The molecule has 7 heteroatoms. The molecule has 0 aliphatic rings. The van der Waals surface area contributed by atoms with Gasteiger partial charge in [0.1, 0.15) is 17.0 Å².